The second-order valence-electron chi connectivity index (χ2n) is 6.70. The number of hydrogen-bond donors (Lipinski definition) is 1. The van der Waals surface area contributed by atoms with E-state index in [1.165, 1.54) is 58.6 Å². The Morgan fingerprint density at radius 3 is 2.67 bits per heavy atom. The van der Waals surface area contributed by atoms with Crippen molar-refractivity contribution in [2.24, 2.45) is 0 Å². The van der Waals surface area contributed by atoms with Gasteiger partial charge in [0.15, 0.2) is 10.8 Å². The van der Waals surface area contributed by atoms with Gasteiger partial charge in [-0.05, 0) is 43.3 Å². The molecular formula is C21H15F2N5O4S. The smallest absolute Gasteiger partial charge is 0.387 e. The molecule has 0 bridgehead atoms. The van der Waals surface area contributed by atoms with Crippen molar-refractivity contribution in [1.82, 2.24) is 14.8 Å². The Morgan fingerprint density at radius 2 is 1.97 bits per heavy atom. The van der Waals surface area contributed by atoms with Gasteiger partial charge < -0.3 is 4.74 Å². The number of nitrogens with one attached hydrogen (secondary N) is 1. The molecule has 168 valence electrons. The van der Waals surface area contributed by atoms with Crippen molar-refractivity contribution in [2.45, 2.75) is 13.5 Å². The summed E-state index contributed by atoms with van der Waals surface area (Å²) in [6.45, 7) is -1.08. The number of rotatable bonds is 7. The highest BCUT2D eigenvalue weighted by Gasteiger charge is 2.16. The zero-order valence-corrected chi connectivity index (χ0v) is 17.8. The molecule has 4 rings (SSSR count). The average molecular weight is 471 g/mol. The van der Waals surface area contributed by atoms with Gasteiger partial charge in [0.2, 0.25) is 0 Å². The lowest BCUT2D eigenvalue weighted by atomic mass is 10.1. The second kappa shape index (κ2) is 9.12. The standard InChI is InChI=1S/C21H15F2N5O4S/c1-12-18(13-5-7-16(8-6-13)32-20(22)23)24-21(33-12)25-19(29)17-9-10-27(26-17)14-3-2-4-15(11-14)28(30)31/h2-11,20H,1H3,(H,24,25,29). The molecule has 1 N–H and O–H groups in total. The molecule has 9 nitrogen and oxygen atoms in total. The number of hydrogen-bond acceptors (Lipinski definition) is 7. The Morgan fingerprint density at radius 1 is 1.21 bits per heavy atom. The first-order chi connectivity index (χ1) is 15.8. The predicted octanol–water partition coefficient (Wildman–Crippen LogP) is 5.07. The van der Waals surface area contributed by atoms with E-state index in [-0.39, 0.29) is 17.1 Å². The van der Waals surface area contributed by atoms with Crippen molar-refractivity contribution in [3.63, 3.8) is 0 Å². The van der Waals surface area contributed by atoms with Crippen molar-refractivity contribution in [3.05, 3.63) is 81.5 Å². The molecule has 12 heteroatoms. The normalized spacial score (nSPS) is 10.9. The monoisotopic (exact) mass is 471 g/mol. The summed E-state index contributed by atoms with van der Waals surface area (Å²) in [6.07, 6.45) is 1.52. The third kappa shape index (κ3) is 5.01. The van der Waals surface area contributed by atoms with Gasteiger partial charge in [0.1, 0.15) is 5.75 Å². The number of benzene rings is 2. The maximum absolute atomic E-state index is 12.6. The van der Waals surface area contributed by atoms with E-state index in [1.54, 1.807) is 18.2 Å². The minimum Gasteiger partial charge on any atom is -0.435 e. The highest BCUT2D eigenvalue weighted by atomic mass is 32.1. The number of carbonyl (C=O) groups excluding carboxylic acids is 1. The van der Waals surface area contributed by atoms with Crippen molar-refractivity contribution in [1.29, 1.82) is 0 Å². The molecular weight excluding hydrogens is 456 g/mol. The summed E-state index contributed by atoms with van der Waals surface area (Å²) in [7, 11) is 0. The molecule has 0 atom stereocenters. The maximum Gasteiger partial charge on any atom is 0.387 e. The van der Waals surface area contributed by atoms with E-state index in [9.17, 15) is 23.7 Å². The SMILES string of the molecule is Cc1sc(NC(=O)c2ccn(-c3cccc([N+](=O)[O-])c3)n2)nc1-c1ccc(OC(F)F)cc1. The third-order valence-corrected chi connectivity index (χ3v) is 5.38. The minimum absolute atomic E-state index is 0.0366. The Balaban J connectivity index is 1.49. The largest absolute Gasteiger partial charge is 0.435 e. The van der Waals surface area contributed by atoms with E-state index in [1.807, 2.05) is 6.92 Å². The van der Waals surface area contributed by atoms with Crippen molar-refractivity contribution in [2.75, 3.05) is 5.32 Å². The summed E-state index contributed by atoms with van der Waals surface area (Å²) in [5.74, 6) is -0.463. The fourth-order valence-corrected chi connectivity index (χ4v) is 3.84. The summed E-state index contributed by atoms with van der Waals surface area (Å²) in [5.41, 5.74) is 1.73. The lowest BCUT2D eigenvalue weighted by molar-refractivity contribution is -0.384. The number of alkyl halides is 2. The van der Waals surface area contributed by atoms with Gasteiger partial charge in [0, 0.05) is 28.8 Å². The Kier molecular flexibility index (Phi) is 6.09. The van der Waals surface area contributed by atoms with Crippen LogP contribution in [0.2, 0.25) is 0 Å². The number of nitrogens with zero attached hydrogens (tertiary/aromatic N) is 4. The third-order valence-electron chi connectivity index (χ3n) is 4.50. The molecule has 0 saturated carbocycles. The Hall–Kier alpha value is -4.19. The molecule has 0 unspecified atom stereocenters. The Labute approximate surface area is 189 Å². The first-order valence-electron chi connectivity index (χ1n) is 9.44. The maximum atomic E-state index is 12.6. The molecule has 2 heterocycles. The quantitative estimate of drug-likeness (QED) is 0.298. The molecule has 0 aliphatic heterocycles. The molecule has 2 aromatic carbocycles. The predicted molar refractivity (Wildman–Crippen MR) is 117 cm³/mol. The van der Waals surface area contributed by atoms with Gasteiger partial charge in [-0.25, -0.2) is 9.67 Å². The molecule has 4 aromatic rings. The first-order valence-corrected chi connectivity index (χ1v) is 10.3. The van der Waals surface area contributed by atoms with E-state index < -0.39 is 17.4 Å². The van der Waals surface area contributed by atoms with Crippen molar-refractivity contribution in [3.8, 4) is 22.7 Å². The highest BCUT2D eigenvalue weighted by molar-refractivity contribution is 7.16. The number of ether oxygens (including phenoxy) is 1. The summed E-state index contributed by atoms with van der Waals surface area (Å²) in [6, 6.07) is 13.4. The van der Waals surface area contributed by atoms with Crippen LogP contribution in [0.5, 0.6) is 5.75 Å². The number of non-ortho nitro benzene ring substituents is 1. The lowest BCUT2D eigenvalue weighted by Crippen LogP contribution is -2.13. The highest BCUT2D eigenvalue weighted by Crippen LogP contribution is 2.31. The van der Waals surface area contributed by atoms with Gasteiger partial charge in [0.05, 0.1) is 16.3 Å². The van der Waals surface area contributed by atoms with E-state index in [2.05, 4.69) is 20.1 Å². The topological polar surface area (TPSA) is 112 Å². The molecule has 0 saturated heterocycles. The van der Waals surface area contributed by atoms with Gasteiger partial charge in [-0.2, -0.15) is 13.9 Å². The van der Waals surface area contributed by atoms with Gasteiger partial charge in [0.25, 0.3) is 11.6 Å². The number of anilines is 1. The van der Waals surface area contributed by atoms with Crippen LogP contribution in [0.25, 0.3) is 16.9 Å². The molecule has 0 spiro atoms. The van der Waals surface area contributed by atoms with Crippen LogP contribution in [0.4, 0.5) is 19.6 Å². The van der Waals surface area contributed by atoms with E-state index in [0.29, 0.717) is 22.1 Å². The minimum atomic E-state index is -2.90. The zero-order chi connectivity index (χ0) is 23.5. The second-order valence-corrected chi connectivity index (χ2v) is 7.91. The molecule has 0 radical (unpaired) electrons. The number of carbonyl (C=O) groups is 1. The lowest BCUT2D eigenvalue weighted by Gasteiger charge is -2.05. The number of amides is 1. The number of nitro benzene ring substituents is 1. The summed E-state index contributed by atoms with van der Waals surface area (Å²) >= 11 is 1.25. The van der Waals surface area contributed by atoms with Crippen LogP contribution in [0.1, 0.15) is 15.4 Å². The number of nitro groups is 1. The number of aromatic nitrogens is 3. The van der Waals surface area contributed by atoms with Crippen LogP contribution in [0, 0.1) is 17.0 Å². The average Bonchev–Trinajstić information content (AvgIpc) is 3.41. The van der Waals surface area contributed by atoms with E-state index >= 15 is 0 Å². The summed E-state index contributed by atoms with van der Waals surface area (Å²) < 4.78 is 30.3. The van der Waals surface area contributed by atoms with Crippen LogP contribution in [-0.2, 0) is 0 Å². The van der Waals surface area contributed by atoms with Crippen LogP contribution in [0.3, 0.4) is 0 Å². The van der Waals surface area contributed by atoms with Crippen LogP contribution >= 0.6 is 11.3 Å². The zero-order valence-electron chi connectivity index (χ0n) is 16.9. The molecule has 0 aliphatic rings. The number of halogens is 2. The van der Waals surface area contributed by atoms with Gasteiger partial charge >= 0.3 is 6.61 Å². The molecule has 0 fully saturated rings. The van der Waals surface area contributed by atoms with Crippen molar-refractivity contribution < 1.29 is 23.2 Å². The van der Waals surface area contributed by atoms with Crippen LogP contribution in [0.15, 0.2) is 60.8 Å². The van der Waals surface area contributed by atoms with Crippen LogP contribution in [-0.4, -0.2) is 32.2 Å². The van der Waals surface area contributed by atoms with Gasteiger partial charge in [-0.1, -0.05) is 6.07 Å². The van der Waals surface area contributed by atoms with E-state index in [0.717, 1.165) is 4.88 Å². The first kappa shape index (κ1) is 22.0. The van der Waals surface area contributed by atoms with Crippen LogP contribution < -0.4 is 10.1 Å². The molecule has 33 heavy (non-hydrogen) atoms. The van der Waals surface area contributed by atoms with Crippen molar-refractivity contribution >= 4 is 28.1 Å². The number of thiazole rings is 1. The van der Waals surface area contributed by atoms with Gasteiger partial charge in [-0.3, -0.25) is 20.2 Å². The summed E-state index contributed by atoms with van der Waals surface area (Å²) in [5, 5.41) is 18.2. The fraction of sp³-hybridized carbons (Fsp3) is 0.0952. The molecule has 2 aromatic heterocycles. The molecule has 1 amide bonds. The number of aryl methyl sites for hydroxylation is 1. The molecule has 0 aliphatic carbocycles. The van der Waals surface area contributed by atoms with E-state index in [4.69, 9.17) is 0 Å². The summed E-state index contributed by atoms with van der Waals surface area (Å²) in [4.78, 5) is 28.3. The Bertz CT molecular complexity index is 1320. The van der Waals surface area contributed by atoms with Gasteiger partial charge in [-0.15, -0.1) is 11.3 Å². The fourth-order valence-electron chi connectivity index (χ4n) is 3.01.